The summed E-state index contributed by atoms with van der Waals surface area (Å²) in [5.74, 6) is -0.203. The van der Waals surface area contributed by atoms with E-state index in [0.29, 0.717) is 11.1 Å². The summed E-state index contributed by atoms with van der Waals surface area (Å²) in [5, 5.41) is 22.7. The molecule has 0 aliphatic heterocycles. The fraction of sp³-hybridized carbons (Fsp3) is 0.529. The number of nitrogens with one attached hydrogen (secondary N) is 1. The number of aliphatic hydroxyl groups excluding tert-OH is 2. The summed E-state index contributed by atoms with van der Waals surface area (Å²) in [6.07, 6.45) is -3.15. The minimum atomic E-state index is -1.24. The van der Waals surface area contributed by atoms with Crippen LogP contribution in [0.25, 0.3) is 0 Å². The normalized spacial score (nSPS) is 13.8. The third kappa shape index (κ3) is 6.17. The first-order valence-corrected chi connectivity index (χ1v) is 7.66. The van der Waals surface area contributed by atoms with Gasteiger partial charge in [-0.2, -0.15) is 0 Å². The van der Waals surface area contributed by atoms with Crippen molar-refractivity contribution in [3.05, 3.63) is 35.4 Å². The van der Waals surface area contributed by atoms with E-state index in [4.69, 9.17) is 4.74 Å². The summed E-state index contributed by atoms with van der Waals surface area (Å²) in [6, 6.07) is 6.38. The highest BCUT2D eigenvalue weighted by Crippen LogP contribution is 2.19. The van der Waals surface area contributed by atoms with E-state index in [0.717, 1.165) is 0 Å². The van der Waals surface area contributed by atoms with E-state index in [1.807, 2.05) is 0 Å². The lowest BCUT2D eigenvalue weighted by Gasteiger charge is -2.22. The van der Waals surface area contributed by atoms with Crippen molar-refractivity contribution in [2.45, 2.75) is 38.6 Å². The van der Waals surface area contributed by atoms with Crippen LogP contribution in [0.5, 0.6) is 0 Å². The van der Waals surface area contributed by atoms with Crippen LogP contribution >= 0.6 is 0 Å². The molecule has 0 saturated heterocycles. The summed E-state index contributed by atoms with van der Waals surface area (Å²) >= 11 is 0. The minimum absolute atomic E-state index is 0.179. The molecule has 1 rings (SSSR count). The zero-order valence-electron chi connectivity index (χ0n) is 14.7. The number of nitrogens with zero attached hydrogens (tertiary/aromatic N) is 1. The van der Waals surface area contributed by atoms with Gasteiger partial charge in [-0.15, -0.1) is 0 Å². The van der Waals surface area contributed by atoms with Crippen molar-refractivity contribution in [2.24, 2.45) is 0 Å². The second kappa shape index (κ2) is 8.12. The molecule has 7 heteroatoms. The number of ether oxygens (including phenoxy) is 1. The molecule has 2 atom stereocenters. The number of hydrogen-bond donors (Lipinski definition) is 3. The van der Waals surface area contributed by atoms with Crippen molar-refractivity contribution in [3.8, 4) is 0 Å². The average Bonchev–Trinajstić information content (AvgIpc) is 2.49. The number of rotatable bonds is 5. The SMILES string of the molecule is CN(C)C(=O)c1cccc(C(O)C(O)CNC(=O)OC(C)(C)C)c1. The molecule has 0 saturated carbocycles. The molecule has 24 heavy (non-hydrogen) atoms. The van der Waals surface area contributed by atoms with E-state index in [1.54, 1.807) is 53.1 Å². The summed E-state index contributed by atoms with van der Waals surface area (Å²) in [5.41, 5.74) is 0.152. The van der Waals surface area contributed by atoms with E-state index in [-0.39, 0.29) is 12.5 Å². The fourth-order valence-corrected chi connectivity index (χ4v) is 1.95. The lowest BCUT2D eigenvalue weighted by molar-refractivity contribution is 0.0129. The van der Waals surface area contributed by atoms with E-state index >= 15 is 0 Å². The van der Waals surface area contributed by atoms with Crippen LogP contribution in [-0.4, -0.2) is 59.5 Å². The van der Waals surface area contributed by atoms with Crippen molar-refractivity contribution >= 4 is 12.0 Å². The Hall–Kier alpha value is -2.12. The Morgan fingerprint density at radius 2 is 1.88 bits per heavy atom. The molecule has 0 fully saturated rings. The molecule has 0 aliphatic carbocycles. The molecule has 0 bridgehead atoms. The maximum absolute atomic E-state index is 11.9. The standard InChI is InChI=1S/C17H26N2O5/c1-17(2,3)24-16(23)18-10-13(20)14(21)11-7-6-8-12(9-11)15(22)19(4)5/h6-9,13-14,20-21H,10H2,1-5H3,(H,18,23). The number of benzene rings is 1. The molecular formula is C17H26N2O5. The molecule has 134 valence electrons. The summed E-state index contributed by atoms with van der Waals surface area (Å²) in [4.78, 5) is 24.9. The first kappa shape index (κ1) is 19.9. The first-order chi connectivity index (χ1) is 11.0. The number of hydrogen-bond acceptors (Lipinski definition) is 5. The summed E-state index contributed by atoms with van der Waals surface area (Å²) in [7, 11) is 3.26. The Bertz CT molecular complexity index is 581. The van der Waals surface area contributed by atoms with Gasteiger partial charge >= 0.3 is 6.09 Å². The van der Waals surface area contributed by atoms with Gasteiger partial charge in [-0.05, 0) is 38.5 Å². The zero-order chi connectivity index (χ0) is 18.5. The maximum Gasteiger partial charge on any atom is 0.407 e. The number of alkyl carbamates (subject to hydrolysis) is 1. The molecule has 7 nitrogen and oxygen atoms in total. The molecule has 3 N–H and O–H groups in total. The van der Waals surface area contributed by atoms with E-state index in [9.17, 15) is 19.8 Å². The highest BCUT2D eigenvalue weighted by atomic mass is 16.6. The lowest BCUT2D eigenvalue weighted by atomic mass is 10.0. The van der Waals surface area contributed by atoms with E-state index < -0.39 is 23.9 Å². The third-order valence-corrected chi connectivity index (χ3v) is 3.10. The Morgan fingerprint density at radius 1 is 1.25 bits per heavy atom. The van der Waals surface area contributed by atoms with Gasteiger partial charge in [0.15, 0.2) is 0 Å². The molecule has 1 aromatic carbocycles. The van der Waals surface area contributed by atoms with Gasteiger partial charge in [0.2, 0.25) is 0 Å². The van der Waals surface area contributed by atoms with Crippen LogP contribution in [-0.2, 0) is 4.74 Å². The van der Waals surface area contributed by atoms with E-state index in [1.165, 1.54) is 11.0 Å². The molecule has 0 spiro atoms. The molecule has 0 heterocycles. The van der Waals surface area contributed by atoms with Crippen LogP contribution in [0, 0.1) is 0 Å². The number of aliphatic hydroxyl groups is 2. The summed E-state index contributed by atoms with van der Waals surface area (Å²) < 4.78 is 5.06. The van der Waals surface area contributed by atoms with Gasteiger partial charge in [-0.1, -0.05) is 12.1 Å². The zero-order valence-corrected chi connectivity index (χ0v) is 14.7. The van der Waals surface area contributed by atoms with Crippen molar-refractivity contribution in [1.29, 1.82) is 0 Å². The van der Waals surface area contributed by atoms with Crippen LogP contribution < -0.4 is 5.32 Å². The highest BCUT2D eigenvalue weighted by Gasteiger charge is 2.22. The van der Waals surface area contributed by atoms with Crippen LogP contribution in [0.4, 0.5) is 4.79 Å². The predicted octanol–water partition coefficient (Wildman–Crippen LogP) is 1.31. The molecule has 0 aromatic heterocycles. The topological polar surface area (TPSA) is 99.1 Å². The first-order valence-electron chi connectivity index (χ1n) is 7.66. The smallest absolute Gasteiger partial charge is 0.407 e. The quantitative estimate of drug-likeness (QED) is 0.752. The van der Waals surface area contributed by atoms with Crippen molar-refractivity contribution < 1.29 is 24.5 Å². The molecule has 0 aliphatic rings. The van der Waals surface area contributed by atoms with Gasteiger partial charge in [-0.25, -0.2) is 4.79 Å². The molecule has 1 aromatic rings. The minimum Gasteiger partial charge on any atom is -0.444 e. The van der Waals surface area contributed by atoms with Crippen LogP contribution in [0.15, 0.2) is 24.3 Å². The van der Waals surface area contributed by atoms with Crippen molar-refractivity contribution in [3.63, 3.8) is 0 Å². The van der Waals surface area contributed by atoms with Gasteiger partial charge in [0.05, 0.1) is 0 Å². The number of amides is 2. The Morgan fingerprint density at radius 3 is 2.42 bits per heavy atom. The van der Waals surface area contributed by atoms with Crippen molar-refractivity contribution in [1.82, 2.24) is 10.2 Å². The van der Waals surface area contributed by atoms with Gasteiger partial charge in [0.1, 0.15) is 17.8 Å². The van der Waals surface area contributed by atoms with Crippen LogP contribution in [0.3, 0.4) is 0 Å². The van der Waals surface area contributed by atoms with Crippen LogP contribution in [0.2, 0.25) is 0 Å². The third-order valence-electron chi connectivity index (χ3n) is 3.10. The second-order valence-corrected chi connectivity index (χ2v) is 6.72. The molecule has 2 unspecified atom stereocenters. The largest absolute Gasteiger partial charge is 0.444 e. The molecule has 0 radical (unpaired) electrons. The number of carbonyl (C=O) groups excluding carboxylic acids is 2. The Labute approximate surface area is 142 Å². The average molecular weight is 338 g/mol. The van der Waals surface area contributed by atoms with Gasteiger partial charge in [0, 0.05) is 26.2 Å². The predicted molar refractivity (Wildman–Crippen MR) is 89.7 cm³/mol. The van der Waals surface area contributed by atoms with Crippen molar-refractivity contribution in [2.75, 3.05) is 20.6 Å². The lowest BCUT2D eigenvalue weighted by Crippen LogP contribution is -2.38. The Balaban J connectivity index is 2.69. The molecule has 2 amide bonds. The van der Waals surface area contributed by atoms with E-state index in [2.05, 4.69) is 5.32 Å². The second-order valence-electron chi connectivity index (χ2n) is 6.72. The summed E-state index contributed by atoms with van der Waals surface area (Å²) in [6.45, 7) is 5.00. The van der Waals surface area contributed by atoms with Gasteiger partial charge in [0.25, 0.3) is 5.91 Å². The fourth-order valence-electron chi connectivity index (χ4n) is 1.95. The van der Waals surface area contributed by atoms with Crippen LogP contribution in [0.1, 0.15) is 42.8 Å². The van der Waals surface area contributed by atoms with Gasteiger partial charge in [-0.3, -0.25) is 4.79 Å². The molecular weight excluding hydrogens is 312 g/mol. The monoisotopic (exact) mass is 338 g/mol. The van der Waals surface area contributed by atoms with Gasteiger partial charge < -0.3 is 25.2 Å². The maximum atomic E-state index is 11.9. The Kier molecular flexibility index (Phi) is 6.74. The highest BCUT2D eigenvalue weighted by molar-refractivity contribution is 5.94. The number of carbonyl (C=O) groups is 2.